The predicted octanol–water partition coefficient (Wildman–Crippen LogP) is 3.34. The van der Waals surface area contributed by atoms with Crippen molar-refractivity contribution < 1.29 is 0 Å². The highest BCUT2D eigenvalue weighted by Crippen LogP contribution is 2.31. The van der Waals surface area contributed by atoms with E-state index in [1.807, 2.05) is 10.7 Å². The normalized spacial score (nSPS) is 18.9. The summed E-state index contributed by atoms with van der Waals surface area (Å²) in [6.07, 6.45) is 9.89. The average molecular weight is 484 g/mol. The van der Waals surface area contributed by atoms with Crippen molar-refractivity contribution in [2.75, 3.05) is 26.2 Å². The fourth-order valence-corrected chi connectivity index (χ4v) is 5.80. The minimum Gasteiger partial charge on any atom is -0.299 e. The van der Waals surface area contributed by atoms with Crippen LogP contribution in [0.3, 0.4) is 0 Å². The zero-order valence-electron chi connectivity index (χ0n) is 20.6. The van der Waals surface area contributed by atoms with Crippen molar-refractivity contribution in [3.63, 3.8) is 0 Å². The van der Waals surface area contributed by atoms with Gasteiger partial charge in [0.2, 0.25) is 0 Å². The number of tetrazole rings is 1. The standard InChI is InChI=1S/C27H33N9/c1-2-7-22(8-3-1)19-35-27(30-31-32-35)26(23-11-13-25(14-12-23)36-21-28-20-29-36)34-16-6-15-33(17-18-34)24-9-4-5-10-24/h1-3,7-8,11-14,20-21,24,26H,4-6,9-10,15-19H2. The van der Waals surface area contributed by atoms with Gasteiger partial charge in [-0.15, -0.1) is 5.10 Å². The molecule has 1 unspecified atom stereocenters. The van der Waals surface area contributed by atoms with Gasteiger partial charge in [-0.2, -0.15) is 5.10 Å². The van der Waals surface area contributed by atoms with Crippen LogP contribution in [0.4, 0.5) is 0 Å². The minimum atomic E-state index is -0.0166. The van der Waals surface area contributed by atoms with E-state index >= 15 is 0 Å². The third-order valence-corrected chi connectivity index (χ3v) is 7.64. The van der Waals surface area contributed by atoms with E-state index in [0.29, 0.717) is 6.54 Å². The van der Waals surface area contributed by atoms with Crippen LogP contribution in [0.5, 0.6) is 0 Å². The van der Waals surface area contributed by atoms with Crippen LogP contribution in [0.1, 0.15) is 55.1 Å². The maximum atomic E-state index is 4.58. The molecule has 6 rings (SSSR count). The van der Waals surface area contributed by atoms with Gasteiger partial charge in [0.15, 0.2) is 5.82 Å². The van der Waals surface area contributed by atoms with Gasteiger partial charge in [0.1, 0.15) is 12.7 Å². The lowest BCUT2D eigenvalue weighted by molar-refractivity contribution is 0.185. The molecular weight excluding hydrogens is 450 g/mol. The summed E-state index contributed by atoms with van der Waals surface area (Å²) in [4.78, 5) is 9.38. The highest BCUT2D eigenvalue weighted by Gasteiger charge is 2.31. The fraction of sp³-hybridized carbons (Fsp3) is 0.444. The maximum absolute atomic E-state index is 4.58. The molecule has 2 fully saturated rings. The Bertz CT molecular complexity index is 1210. The molecule has 0 radical (unpaired) electrons. The van der Waals surface area contributed by atoms with Gasteiger partial charge in [0, 0.05) is 25.7 Å². The van der Waals surface area contributed by atoms with E-state index in [1.165, 1.54) is 43.4 Å². The molecule has 1 aliphatic carbocycles. The second-order valence-corrected chi connectivity index (χ2v) is 9.88. The molecule has 9 heteroatoms. The van der Waals surface area contributed by atoms with Gasteiger partial charge < -0.3 is 0 Å². The van der Waals surface area contributed by atoms with Crippen molar-refractivity contribution in [2.24, 2.45) is 0 Å². The molecule has 0 amide bonds. The van der Waals surface area contributed by atoms with E-state index in [4.69, 9.17) is 0 Å². The molecule has 9 nitrogen and oxygen atoms in total. The van der Waals surface area contributed by atoms with Crippen LogP contribution in [0.25, 0.3) is 5.69 Å². The first-order chi connectivity index (χ1) is 17.8. The summed E-state index contributed by atoms with van der Waals surface area (Å²) in [5, 5.41) is 17.4. The average Bonchev–Trinajstić information content (AvgIpc) is 3.69. The fourth-order valence-electron chi connectivity index (χ4n) is 5.80. The van der Waals surface area contributed by atoms with Gasteiger partial charge in [0.25, 0.3) is 0 Å². The number of hydrogen-bond acceptors (Lipinski definition) is 7. The lowest BCUT2D eigenvalue weighted by atomic mass is 10.0. The lowest BCUT2D eigenvalue weighted by Crippen LogP contribution is -2.38. The smallest absolute Gasteiger partial charge is 0.173 e. The molecule has 2 aromatic heterocycles. The molecule has 186 valence electrons. The summed E-state index contributed by atoms with van der Waals surface area (Å²) in [5.74, 6) is 0.890. The van der Waals surface area contributed by atoms with Gasteiger partial charge >= 0.3 is 0 Å². The zero-order chi connectivity index (χ0) is 24.2. The Balaban J connectivity index is 1.31. The van der Waals surface area contributed by atoms with Crippen molar-refractivity contribution in [1.29, 1.82) is 0 Å². The molecule has 1 saturated heterocycles. The van der Waals surface area contributed by atoms with Gasteiger partial charge in [-0.1, -0.05) is 55.3 Å². The second kappa shape index (κ2) is 10.7. The SMILES string of the molecule is c1ccc(Cn2nnnc2C(c2ccc(-n3cncn3)cc2)N2CCCN(C3CCCC3)CC2)cc1. The Morgan fingerprint density at radius 1 is 0.861 bits per heavy atom. The summed E-state index contributed by atoms with van der Waals surface area (Å²) in [7, 11) is 0. The zero-order valence-corrected chi connectivity index (χ0v) is 20.6. The monoisotopic (exact) mass is 483 g/mol. The summed E-state index contributed by atoms with van der Waals surface area (Å²) in [6.45, 7) is 4.95. The van der Waals surface area contributed by atoms with Crippen LogP contribution < -0.4 is 0 Å². The summed E-state index contributed by atoms with van der Waals surface area (Å²) in [5.41, 5.74) is 3.37. The Morgan fingerprint density at radius 2 is 1.69 bits per heavy atom. The molecule has 1 aliphatic heterocycles. The minimum absolute atomic E-state index is 0.0166. The van der Waals surface area contributed by atoms with Crippen molar-refractivity contribution in [3.8, 4) is 5.69 Å². The Labute approximate surface area is 211 Å². The van der Waals surface area contributed by atoms with Gasteiger partial charge in [0.05, 0.1) is 18.3 Å². The van der Waals surface area contributed by atoms with E-state index in [1.54, 1.807) is 17.3 Å². The Hall–Kier alpha value is -3.43. The molecule has 0 N–H and O–H groups in total. The van der Waals surface area contributed by atoms with Crippen molar-refractivity contribution in [1.82, 2.24) is 44.8 Å². The summed E-state index contributed by atoms with van der Waals surface area (Å²) < 4.78 is 3.74. The third kappa shape index (κ3) is 4.94. The molecule has 2 aliphatic rings. The molecule has 1 atom stereocenters. The lowest BCUT2D eigenvalue weighted by Gasteiger charge is -2.31. The highest BCUT2D eigenvalue weighted by molar-refractivity contribution is 5.36. The van der Waals surface area contributed by atoms with Gasteiger partial charge in [-0.25, -0.2) is 14.3 Å². The van der Waals surface area contributed by atoms with Gasteiger partial charge in [-0.3, -0.25) is 9.80 Å². The number of nitrogens with zero attached hydrogens (tertiary/aromatic N) is 9. The van der Waals surface area contributed by atoms with Crippen LogP contribution in [-0.4, -0.2) is 77.0 Å². The number of rotatable bonds is 7. The number of benzene rings is 2. The van der Waals surface area contributed by atoms with E-state index < -0.39 is 0 Å². The molecule has 36 heavy (non-hydrogen) atoms. The summed E-state index contributed by atoms with van der Waals surface area (Å²) in [6, 6.07) is 19.7. The molecule has 4 aromatic rings. The van der Waals surface area contributed by atoms with Crippen LogP contribution in [0, 0.1) is 0 Å². The topological polar surface area (TPSA) is 80.8 Å². The highest BCUT2D eigenvalue weighted by atomic mass is 15.6. The van der Waals surface area contributed by atoms with Crippen LogP contribution in [0.15, 0.2) is 67.3 Å². The number of hydrogen-bond donors (Lipinski definition) is 0. The third-order valence-electron chi connectivity index (χ3n) is 7.64. The molecule has 0 bridgehead atoms. The molecule has 2 aromatic carbocycles. The van der Waals surface area contributed by atoms with E-state index in [9.17, 15) is 0 Å². The first kappa shape index (κ1) is 23.0. The predicted molar refractivity (Wildman–Crippen MR) is 137 cm³/mol. The van der Waals surface area contributed by atoms with E-state index in [0.717, 1.165) is 43.6 Å². The van der Waals surface area contributed by atoms with Crippen LogP contribution in [0.2, 0.25) is 0 Å². The second-order valence-electron chi connectivity index (χ2n) is 9.88. The first-order valence-corrected chi connectivity index (χ1v) is 13.1. The van der Waals surface area contributed by atoms with E-state index in [-0.39, 0.29) is 6.04 Å². The van der Waals surface area contributed by atoms with Crippen molar-refractivity contribution in [2.45, 2.75) is 50.7 Å². The Kier molecular flexibility index (Phi) is 6.82. The van der Waals surface area contributed by atoms with Crippen LogP contribution in [-0.2, 0) is 6.54 Å². The Morgan fingerprint density at radius 3 is 2.47 bits per heavy atom. The molecule has 0 spiro atoms. The van der Waals surface area contributed by atoms with Crippen molar-refractivity contribution in [3.05, 3.63) is 84.2 Å². The molecule has 3 heterocycles. The maximum Gasteiger partial charge on any atom is 0.173 e. The summed E-state index contributed by atoms with van der Waals surface area (Å²) >= 11 is 0. The molecule has 1 saturated carbocycles. The van der Waals surface area contributed by atoms with E-state index in [2.05, 4.69) is 83.9 Å². The van der Waals surface area contributed by atoms with Crippen LogP contribution >= 0.6 is 0 Å². The molecular formula is C27H33N9. The van der Waals surface area contributed by atoms with Gasteiger partial charge in [-0.05, 0) is 59.5 Å². The van der Waals surface area contributed by atoms with Crippen molar-refractivity contribution >= 4 is 0 Å². The number of aromatic nitrogens is 7. The quantitative estimate of drug-likeness (QED) is 0.399. The first-order valence-electron chi connectivity index (χ1n) is 13.1. The largest absolute Gasteiger partial charge is 0.299 e.